The second kappa shape index (κ2) is 11.7. The fourth-order valence-electron chi connectivity index (χ4n) is 3.51. The summed E-state index contributed by atoms with van der Waals surface area (Å²) < 4.78 is 30.6. The Labute approximate surface area is 212 Å². The Bertz CT molecular complexity index is 1250. The van der Waals surface area contributed by atoms with Crippen LogP contribution in [0.25, 0.3) is 0 Å². The Morgan fingerprint density at radius 2 is 1.59 bits per heavy atom. The number of halogens is 1. The van der Waals surface area contributed by atoms with E-state index in [9.17, 15) is 14.7 Å². The molecule has 0 aliphatic carbocycles. The number of nitrogens with zero attached hydrogens (tertiary/aromatic N) is 2. The molecule has 0 spiro atoms. The van der Waals surface area contributed by atoms with Gasteiger partial charge in [-0.05, 0) is 30.7 Å². The Balaban J connectivity index is 2.04. The number of ether oxygens (including phenoxy) is 3. The molecule has 2 atom stereocenters. The standard InChI is InChI=1S/C24H27FN6O6/c1-12(27-24(33)34)20(13-5-7-15(35-2)8-6-13)30-23-17(25)11-16(21(26)32)22(31-23)28-14-9-18(36-3)29-19(10-14)37-4/h5-12,20,27H,1-4H3,(H2,26,32)(H,33,34)(H2,28,29,30,31)/t12-,20-/m0/s1. The molecule has 0 aliphatic heterocycles. The summed E-state index contributed by atoms with van der Waals surface area (Å²) in [6.07, 6.45) is -1.26. The van der Waals surface area contributed by atoms with E-state index in [-0.39, 0.29) is 29.0 Å². The third-order valence-corrected chi connectivity index (χ3v) is 5.32. The Morgan fingerprint density at radius 1 is 0.973 bits per heavy atom. The van der Waals surface area contributed by atoms with Crippen LogP contribution in [0, 0.1) is 5.82 Å². The largest absolute Gasteiger partial charge is 0.497 e. The number of carboxylic acid groups (broad SMARTS) is 1. The van der Waals surface area contributed by atoms with E-state index in [1.165, 1.54) is 33.5 Å². The quantitative estimate of drug-likeness (QED) is 0.256. The first kappa shape index (κ1) is 26.8. The van der Waals surface area contributed by atoms with Crippen molar-refractivity contribution in [2.45, 2.75) is 19.0 Å². The minimum absolute atomic E-state index is 0.0565. The van der Waals surface area contributed by atoms with E-state index < -0.39 is 29.9 Å². The molecule has 0 fully saturated rings. The van der Waals surface area contributed by atoms with Crippen molar-refractivity contribution in [3.05, 3.63) is 59.4 Å². The zero-order chi connectivity index (χ0) is 27.1. The van der Waals surface area contributed by atoms with E-state index in [4.69, 9.17) is 19.9 Å². The highest BCUT2D eigenvalue weighted by Crippen LogP contribution is 2.30. The van der Waals surface area contributed by atoms with Crippen LogP contribution in [0.1, 0.15) is 28.9 Å². The zero-order valence-electron chi connectivity index (χ0n) is 20.5. The van der Waals surface area contributed by atoms with Crippen LogP contribution in [0.4, 0.5) is 26.5 Å². The number of carbonyl (C=O) groups is 2. The van der Waals surface area contributed by atoms with E-state index >= 15 is 4.39 Å². The number of benzene rings is 1. The second-order valence-corrected chi connectivity index (χ2v) is 7.78. The van der Waals surface area contributed by atoms with E-state index in [0.29, 0.717) is 17.0 Å². The fraction of sp³-hybridized carbons (Fsp3) is 0.250. The van der Waals surface area contributed by atoms with Crippen LogP contribution in [-0.4, -0.2) is 54.4 Å². The number of hydrogen-bond donors (Lipinski definition) is 5. The SMILES string of the molecule is COc1ccc([C@@H](Nc2nc(Nc3cc(OC)nc(OC)c3)c(C(N)=O)cc2F)[C@H](C)NC(=O)O)cc1. The maximum Gasteiger partial charge on any atom is 0.404 e. The molecule has 3 aromatic rings. The third-order valence-electron chi connectivity index (χ3n) is 5.32. The van der Waals surface area contributed by atoms with Gasteiger partial charge < -0.3 is 41.0 Å². The maximum atomic E-state index is 15.1. The lowest BCUT2D eigenvalue weighted by Gasteiger charge is -2.27. The van der Waals surface area contributed by atoms with E-state index in [0.717, 1.165) is 6.07 Å². The first-order chi connectivity index (χ1) is 17.6. The zero-order valence-corrected chi connectivity index (χ0v) is 20.5. The van der Waals surface area contributed by atoms with Crippen LogP contribution in [-0.2, 0) is 0 Å². The molecule has 1 aromatic carbocycles. The number of anilines is 3. The van der Waals surface area contributed by atoms with Crippen molar-refractivity contribution in [3.8, 4) is 17.5 Å². The molecule has 3 rings (SSSR count). The van der Waals surface area contributed by atoms with Gasteiger partial charge in [0, 0.05) is 12.1 Å². The summed E-state index contributed by atoms with van der Waals surface area (Å²) >= 11 is 0. The molecular weight excluding hydrogens is 487 g/mol. The van der Waals surface area contributed by atoms with Crippen molar-refractivity contribution in [1.82, 2.24) is 15.3 Å². The molecule has 6 N–H and O–H groups in total. The summed E-state index contributed by atoms with van der Waals surface area (Å²) in [6.45, 7) is 1.61. The average molecular weight is 515 g/mol. The topological polar surface area (TPSA) is 170 Å². The van der Waals surface area contributed by atoms with Gasteiger partial charge in [0.2, 0.25) is 11.8 Å². The monoisotopic (exact) mass is 514 g/mol. The number of rotatable bonds is 11. The maximum absolute atomic E-state index is 15.1. The third kappa shape index (κ3) is 6.66. The van der Waals surface area contributed by atoms with Gasteiger partial charge in [-0.3, -0.25) is 4.79 Å². The predicted octanol–water partition coefficient (Wildman–Crippen LogP) is 3.29. The van der Waals surface area contributed by atoms with Crippen molar-refractivity contribution in [1.29, 1.82) is 0 Å². The van der Waals surface area contributed by atoms with Gasteiger partial charge in [-0.1, -0.05) is 12.1 Å². The number of aromatic nitrogens is 2. The number of nitrogens with one attached hydrogen (secondary N) is 3. The Kier molecular flexibility index (Phi) is 8.51. The van der Waals surface area contributed by atoms with E-state index in [1.54, 1.807) is 31.2 Å². The van der Waals surface area contributed by atoms with Crippen LogP contribution in [0.2, 0.25) is 0 Å². The summed E-state index contributed by atoms with van der Waals surface area (Å²) in [5.41, 5.74) is 6.26. The van der Waals surface area contributed by atoms with Gasteiger partial charge in [0.05, 0.1) is 44.7 Å². The highest BCUT2D eigenvalue weighted by molar-refractivity contribution is 5.98. The number of nitrogens with two attached hydrogens (primary N) is 1. The normalized spacial score (nSPS) is 12.1. The molecule has 2 heterocycles. The minimum atomic E-state index is -1.26. The highest BCUT2D eigenvalue weighted by Gasteiger charge is 2.25. The van der Waals surface area contributed by atoms with Crippen molar-refractivity contribution < 1.29 is 33.3 Å². The minimum Gasteiger partial charge on any atom is -0.497 e. The molecule has 0 radical (unpaired) electrons. The van der Waals surface area contributed by atoms with Gasteiger partial charge in [0.15, 0.2) is 11.6 Å². The van der Waals surface area contributed by atoms with Crippen LogP contribution in [0.15, 0.2) is 42.5 Å². The Hall–Kier alpha value is -4.81. The molecule has 0 unspecified atom stereocenters. The average Bonchev–Trinajstić information content (AvgIpc) is 2.87. The lowest BCUT2D eigenvalue weighted by molar-refractivity contribution is 0.1000. The van der Waals surface area contributed by atoms with E-state index in [2.05, 4.69) is 25.9 Å². The summed E-state index contributed by atoms with van der Waals surface area (Å²) in [6, 6.07) is 9.31. The van der Waals surface area contributed by atoms with Crippen molar-refractivity contribution >= 4 is 29.3 Å². The predicted molar refractivity (Wildman–Crippen MR) is 133 cm³/mol. The lowest BCUT2D eigenvalue weighted by atomic mass is 10.00. The fourth-order valence-corrected chi connectivity index (χ4v) is 3.51. The van der Waals surface area contributed by atoms with Gasteiger partial charge in [0.1, 0.15) is 11.6 Å². The van der Waals surface area contributed by atoms with Crippen molar-refractivity contribution in [2.75, 3.05) is 32.0 Å². The first-order valence-corrected chi connectivity index (χ1v) is 10.9. The molecule has 37 heavy (non-hydrogen) atoms. The highest BCUT2D eigenvalue weighted by atomic mass is 19.1. The van der Waals surface area contributed by atoms with E-state index in [1.807, 2.05) is 0 Å². The number of pyridine rings is 2. The molecule has 0 aliphatic rings. The molecule has 0 bridgehead atoms. The lowest BCUT2D eigenvalue weighted by Crippen LogP contribution is -2.39. The van der Waals surface area contributed by atoms with Crippen molar-refractivity contribution in [2.24, 2.45) is 5.73 Å². The van der Waals surface area contributed by atoms with Gasteiger partial charge in [-0.15, -0.1) is 0 Å². The molecule has 196 valence electrons. The van der Waals surface area contributed by atoms with Crippen molar-refractivity contribution in [3.63, 3.8) is 0 Å². The van der Waals surface area contributed by atoms with Gasteiger partial charge in [-0.25, -0.2) is 14.2 Å². The Morgan fingerprint density at radius 3 is 2.11 bits per heavy atom. The summed E-state index contributed by atoms with van der Waals surface area (Å²) in [4.78, 5) is 31.7. The van der Waals surface area contributed by atoms with Crippen LogP contribution in [0.5, 0.6) is 17.5 Å². The van der Waals surface area contributed by atoms with Gasteiger partial charge in [0.25, 0.3) is 5.91 Å². The van der Waals surface area contributed by atoms with Crippen LogP contribution in [0.3, 0.4) is 0 Å². The number of amides is 2. The summed E-state index contributed by atoms with van der Waals surface area (Å²) in [7, 11) is 4.36. The number of carbonyl (C=O) groups excluding carboxylic acids is 1. The number of primary amides is 1. The first-order valence-electron chi connectivity index (χ1n) is 10.9. The molecule has 13 heteroatoms. The molecule has 0 saturated carbocycles. The van der Waals surface area contributed by atoms with Gasteiger partial charge >= 0.3 is 6.09 Å². The smallest absolute Gasteiger partial charge is 0.404 e. The number of methoxy groups -OCH3 is 3. The molecule has 0 saturated heterocycles. The summed E-state index contributed by atoms with van der Waals surface area (Å²) in [5, 5.41) is 17.5. The molecule has 12 nitrogen and oxygen atoms in total. The second-order valence-electron chi connectivity index (χ2n) is 7.78. The number of hydrogen-bond acceptors (Lipinski definition) is 9. The summed E-state index contributed by atoms with van der Waals surface area (Å²) in [5.74, 6) is -1.07. The molecule has 2 aromatic heterocycles. The van der Waals surface area contributed by atoms with Gasteiger partial charge in [-0.2, -0.15) is 4.98 Å². The molecular formula is C24H27FN6O6. The van der Waals surface area contributed by atoms with Crippen LogP contribution >= 0.6 is 0 Å². The van der Waals surface area contributed by atoms with Crippen LogP contribution < -0.4 is 35.9 Å². The molecule has 2 amide bonds.